The van der Waals surface area contributed by atoms with E-state index in [4.69, 9.17) is 16.3 Å². The van der Waals surface area contributed by atoms with Gasteiger partial charge in [-0.05, 0) is 43.2 Å². The summed E-state index contributed by atoms with van der Waals surface area (Å²) in [5, 5.41) is 2.79. The van der Waals surface area contributed by atoms with Gasteiger partial charge in [-0.3, -0.25) is 24.0 Å². The van der Waals surface area contributed by atoms with Crippen LogP contribution in [0.5, 0.6) is 5.75 Å². The number of hydrogen-bond donors (Lipinski definition) is 2. The summed E-state index contributed by atoms with van der Waals surface area (Å²) in [7, 11) is -2.80. The van der Waals surface area contributed by atoms with E-state index in [2.05, 4.69) is 10.0 Å². The molecule has 2 fully saturated rings. The van der Waals surface area contributed by atoms with Crippen LogP contribution in [0.2, 0.25) is 5.02 Å². The van der Waals surface area contributed by atoms with E-state index in [1.165, 1.54) is 31.4 Å². The molecule has 1 aliphatic carbocycles. The maximum atomic E-state index is 13.0. The van der Waals surface area contributed by atoms with Crippen LogP contribution in [0.3, 0.4) is 0 Å². The van der Waals surface area contributed by atoms with Crippen LogP contribution in [0, 0.1) is 11.8 Å². The van der Waals surface area contributed by atoms with E-state index in [1.54, 1.807) is 18.2 Å². The number of carbonyl (C=O) groups excluding carboxylic acids is 3. The number of ether oxygens (including phenoxy) is 1. The minimum absolute atomic E-state index is 0.0616. The number of imide groups is 1. The summed E-state index contributed by atoms with van der Waals surface area (Å²) in [6.07, 6.45) is 3.11. The van der Waals surface area contributed by atoms with Gasteiger partial charge in [-0.25, -0.2) is 8.42 Å². The SMILES string of the molecule is COc1ccc(NC(=O)CN2C(=O)[C@H]3CCCC[C@H]3C2=O)cc1S(=O)(=O)Nc1ccccc1Cl. The number of fused-ring (bicyclic) bond motifs is 1. The molecule has 1 aliphatic heterocycles. The number of para-hydroxylation sites is 1. The number of nitrogens with one attached hydrogen (secondary N) is 2. The van der Waals surface area contributed by atoms with Crippen molar-refractivity contribution in [1.82, 2.24) is 4.90 Å². The monoisotopic (exact) mass is 505 g/mol. The van der Waals surface area contributed by atoms with Crippen molar-refractivity contribution in [2.24, 2.45) is 11.8 Å². The highest BCUT2D eigenvalue weighted by Crippen LogP contribution is 2.38. The van der Waals surface area contributed by atoms with Gasteiger partial charge in [0.2, 0.25) is 17.7 Å². The lowest BCUT2D eigenvalue weighted by Gasteiger charge is -2.19. The average molecular weight is 506 g/mol. The Labute approximate surface area is 202 Å². The van der Waals surface area contributed by atoms with E-state index < -0.39 is 22.5 Å². The van der Waals surface area contributed by atoms with Gasteiger partial charge in [0.15, 0.2) is 0 Å². The molecular formula is C23H24ClN3O6S. The van der Waals surface area contributed by atoms with Crippen LogP contribution in [-0.4, -0.2) is 44.7 Å². The highest BCUT2D eigenvalue weighted by Gasteiger charge is 2.48. The van der Waals surface area contributed by atoms with E-state index in [1.807, 2.05) is 0 Å². The lowest BCUT2D eigenvalue weighted by molar-refractivity contribution is -0.142. The number of halogens is 1. The number of rotatable bonds is 7. The third-order valence-corrected chi connectivity index (χ3v) is 7.81. The fraction of sp³-hybridized carbons (Fsp3) is 0.348. The number of methoxy groups -OCH3 is 1. The van der Waals surface area contributed by atoms with Crippen LogP contribution < -0.4 is 14.8 Å². The molecule has 1 saturated carbocycles. The average Bonchev–Trinajstić information content (AvgIpc) is 3.05. The first-order valence-corrected chi connectivity index (χ1v) is 12.7. The molecule has 34 heavy (non-hydrogen) atoms. The first-order chi connectivity index (χ1) is 16.2. The zero-order valence-electron chi connectivity index (χ0n) is 18.4. The van der Waals surface area contributed by atoms with Crippen molar-refractivity contribution in [3.63, 3.8) is 0 Å². The molecule has 2 aromatic carbocycles. The van der Waals surface area contributed by atoms with Crippen LogP contribution >= 0.6 is 11.6 Å². The van der Waals surface area contributed by atoms with Gasteiger partial charge in [-0.2, -0.15) is 0 Å². The van der Waals surface area contributed by atoms with Gasteiger partial charge in [0.25, 0.3) is 10.0 Å². The summed E-state index contributed by atoms with van der Waals surface area (Å²) in [5.41, 5.74) is 0.357. The molecule has 0 radical (unpaired) electrons. The molecule has 0 spiro atoms. The minimum Gasteiger partial charge on any atom is -0.495 e. The summed E-state index contributed by atoms with van der Waals surface area (Å²) in [4.78, 5) is 38.7. The van der Waals surface area contributed by atoms with Crippen LogP contribution in [-0.2, 0) is 24.4 Å². The molecule has 1 heterocycles. The smallest absolute Gasteiger partial charge is 0.265 e. The Morgan fingerprint density at radius 3 is 2.35 bits per heavy atom. The Balaban J connectivity index is 1.51. The van der Waals surface area contributed by atoms with Gasteiger partial charge in [-0.15, -0.1) is 0 Å². The molecule has 4 rings (SSSR count). The molecule has 0 bridgehead atoms. The van der Waals surface area contributed by atoms with Gasteiger partial charge in [0.05, 0.1) is 29.7 Å². The molecule has 1 saturated heterocycles. The number of carbonyl (C=O) groups is 3. The molecule has 0 unspecified atom stereocenters. The molecular weight excluding hydrogens is 482 g/mol. The van der Waals surface area contributed by atoms with E-state index in [9.17, 15) is 22.8 Å². The lowest BCUT2D eigenvalue weighted by Crippen LogP contribution is -2.38. The summed E-state index contributed by atoms with van der Waals surface area (Å²) in [5.74, 6) is -1.86. The Morgan fingerprint density at radius 1 is 1.09 bits per heavy atom. The van der Waals surface area contributed by atoms with Gasteiger partial charge in [0.1, 0.15) is 17.2 Å². The third-order valence-electron chi connectivity index (χ3n) is 6.09. The van der Waals surface area contributed by atoms with Gasteiger partial charge in [-0.1, -0.05) is 36.6 Å². The standard InChI is InChI=1S/C23H24ClN3O6S/c1-33-19-11-10-14(12-20(19)34(31,32)26-18-9-5-4-8-17(18)24)25-21(28)13-27-22(29)15-6-2-3-7-16(15)23(27)30/h4-5,8-12,15-16,26H,2-3,6-7,13H2,1H3,(H,25,28)/t15-,16+. The van der Waals surface area contributed by atoms with Crippen LogP contribution in [0.1, 0.15) is 25.7 Å². The summed E-state index contributed by atoms with van der Waals surface area (Å²) >= 11 is 6.07. The van der Waals surface area contributed by atoms with Crippen molar-refractivity contribution in [2.45, 2.75) is 30.6 Å². The fourth-order valence-corrected chi connectivity index (χ4v) is 5.95. The fourth-order valence-electron chi connectivity index (χ4n) is 4.44. The summed E-state index contributed by atoms with van der Waals surface area (Å²) in [6.45, 7) is -0.420. The van der Waals surface area contributed by atoms with Crippen LogP contribution in [0.25, 0.3) is 0 Å². The Kier molecular flexibility index (Phi) is 6.81. The Morgan fingerprint density at radius 2 is 1.74 bits per heavy atom. The van der Waals surface area contributed by atoms with Crippen molar-refractivity contribution in [3.05, 3.63) is 47.5 Å². The molecule has 9 nitrogen and oxygen atoms in total. The molecule has 2 atom stereocenters. The second kappa shape index (κ2) is 9.63. The molecule has 0 aromatic heterocycles. The summed E-state index contributed by atoms with van der Waals surface area (Å²) < 4.78 is 33.6. The van der Waals surface area contributed by atoms with Crippen molar-refractivity contribution < 1.29 is 27.5 Å². The van der Waals surface area contributed by atoms with Crippen molar-refractivity contribution in [2.75, 3.05) is 23.7 Å². The van der Waals surface area contributed by atoms with Gasteiger partial charge in [0, 0.05) is 5.69 Å². The minimum atomic E-state index is -4.12. The normalized spacial score (nSPS) is 20.1. The van der Waals surface area contributed by atoms with Crippen LogP contribution in [0.4, 0.5) is 11.4 Å². The van der Waals surface area contributed by atoms with Gasteiger partial charge >= 0.3 is 0 Å². The van der Waals surface area contributed by atoms with Crippen molar-refractivity contribution >= 4 is 50.7 Å². The molecule has 3 amide bonds. The van der Waals surface area contributed by atoms with Crippen LogP contribution in [0.15, 0.2) is 47.4 Å². The quantitative estimate of drug-likeness (QED) is 0.557. The zero-order chi connectivity index (χ0) is 24.5. The topological polar surface area (TPSA) is 122 Å². The molecule has 2 N–H and O–H groups in total. The predicted octanol–water partition coefficient (Wildman–Crippen LogP) is 3.26. The molecule has 2 aromatic rings. The molecule has 2 aliphatic rings. The van der Waals surface area contributed by atoms with E-state index in [0.717, 1.165) is 17.7 Å². The van der Waals surface area contributed by atoms with E-state index in [0.29, 0.717) is 12.8 Å². The zero-order valence-corrected chi connectivity index (χ0v) is 20.0. The van der Waals surface area contributed by atoms with E-state index in [-0.39, 0.29) is 50.7 Å². The second-order valence-electron chi connectivity index (χ2n) is 8.26. The molecule has 180 valence electrons. The van der Waals surface area contributed by atoms with E-state index >= 15 is 0 Å². The maximum absolute atomic E-state index is 13.0. The number of anilines is 2. The van der Waals surface area contributed by atoms with Crippen molar-refractivity contribution in [3.8, 4) is 5.75 Å². The molecule has 11 heteroatoms. The number of sulfonamides is 1. The highest BCUT2D eigenvalue weighted by atomic mass is 35.5. The van der Waals surface area contributed by atoms with Crippen molar-refractivity contribution in [1.29, 1.82) is 0 Å². The largest absolute Gasteiger partial charge is 0.495 e. The second-order valence-corrected chi connectivity index (χ2v) is 10.3. The number of benzene rings is 2. The predicted molar refractivity (Wildman–Crippen MR) is 126 cm³/mol. The first kappa shape index (κ1) is 24.0. The number of nitrogens with zero attached hydrogens (tertiary/aromatic N) is 1. The summed E-state index contributed by atoms with van der Waals surface area (Å²) in [6, 6.07) is 10.5. The Hall–Kier alpha value is -3.11. The highest BCUT2D eigenvalue weighted by molar-refractivity contribution is 7.92. The number of amides is 3. The van der Waals surface area contributed by atoms with Gasteiger partial charge < -0.3 is 10.1 Å². The first-order valence-electron chi connectivity index (χ1n) is 10.8. The maximum Gasteiger partial charge on any atom is 0.265 e. The number of likely N-dealkylation sites (tertiary alicyclic amines) is 1. The third kappa shape index (κ3) is 4.74. The lowest BCUT2D eigenvalue weighted by atomic mass is 9.81. The number of hydrogen-bond acceptors (Lipinski definition) is 6. The Bertz CT molecular complexity index is 1230.